The molecule has 1 saturated heterocycles. The molecule has 0 atom stereocenters. The minimum Gasteiger partial charge on any atom is -0.507 e. The van der Waals surface area contributed by atoms with E-state index in [1.807, 2.05) is 36.4 Å². The van der Waals surface area contributed by atoms with Gasteiger partial charge in [0.1, 0.15) is 11.4 Å². The summed E-state index contributed by atoms with van der Waals surface area (Å²) in [6.45, 7) is 5.59. The smallest absolute Gasteiger partial charge is 0.175 e. The Hall–Kier alpha value is -3.15. The van der Waals surface area contributed by atoms with Crippen LogP contribution in [0.15, 0.2) is 77.3 Å². The molecule has 0 radical (unpaired) electrons. The molecule has 1 aliphatic heterocycles. The van der Waals surface area contributed by atoms with Crippen LogP contribution in [-0.4, -0.2) is 46.2 Å². The number of hydrogen-bond acceptors (Lipinski definition) is 5. The molecule has 5 nitrogen and oxygen atoms in total. The summed E-state index contributed by atoms with van der Waals surface area (Å²) < 4.78 is 5.71. The fourth-order valence-corrected chi connectivity index (χ4v) is 4.18. The molecular weight excluding hydrogens is 374 g/mol. The number of rotatable bonds is 5. The second kappa shape index (κ2) is 8.30. The topological polar surface area (TPSA) is 52.7 Å². The molecular formula is C25H25N3O2. The lowest BCUT2D eigenvalue weighted by Gasteiger charge is -2.34. The van der Waals surface area contributed by atoms with E-state index in [1.54, 1.807) is 6.07 Å². The lowest BCUT2D eigenvalue weighted by atomic mass is 10.0. The summed E-state index contributed by atoms with van der Waals surface area (Å²) in [4.78, 5) is 4.86. The lowest BCUT2D eigenvalue weighted by Crippen LogP contribution is -2.45. The van der Waals surface area contributed by atoms with Gasteiger partial charge in [0.25, 0.3) is 0 Å². The van der Waals surface area contributed by atoms with Crippen LogP contribution in [0.1, 0.15) is 11.1 Å². The maximum absolute atomic E-state index is 10.5. The van der Waals surface area contributed by atoms with Crippen molar-refractivity contribution in [2.75, 3.05) is 26.2 Å². The summed E-state index contributed by atoms with van der Waals surface area (Å²) in [6, 6.07) is 24.3. The number of piperazine rings is 1. The SMILES string of the molecule is Oc1ccc2c(-c3ccccc3)noc2c1CN1CCN(Cc2ccccc2)CC1. The van der Waals surface area contributed by atoms with Crippen LogP contribution >= 0.6 is 0 Å². The second-order valence-electron chi connectivity index (χ2n) is 7.88. The summed E-state index contributed by atoms with van der Waals surface area (Å²) in [5, 5.41) is 15.8. The van der Waals surface area contributed by atoms with Crippen molar-refractivity contribution in [3.63, 3.8) is 0 Å². The molecule has 1 fully saturated rings. The third-order valence-corrected chi connectivity index (χ3v) is 5.86. The fourth-order valence-electron chi connectivity index (χ4n) is 4.18. The van der Waals surface area contributed by atoms with E-state index in [-0.39, 0.29) is 5.75 Å². The maximum Gasteiger partial charge on any atom is 0.175 e. The molecule has 0 spiro atoms. The highest BCUT2D eigenvalue weighted by molar-refractivity contribution is 5.94. The van der Waals surface area contributed by atoms with Crippen molar-refractivity contribution in [1.82, 2.24) is 15.0 Å². The summed E-state index contributed by atoms with van der Waals surface area (Å²) in [6.07, 6.45) is 0. The van der Waals surface area contributed by atoms with E-state index >= 15 is 0 Å². The molecule has 1 N–H and O–H groups in total. The van der Waals surface area contributed by atoms with Gasteiger partial charge < -0.3 is 9.63 Å². The molecule has 5 heteroatoms. The van der Waals surface area contributed by atoms with Gasteiger partial charge in [0.2, 0.25) is 0 Å². The van der Waals surface area contributed by atoms with Gasteiger partial charge in [0, 0.05) is 44.8 Å². The Bertz CT molecular complexity index is 1120. The number of phenols is 1. The third kappa shape index (κ3) is 3.82. The summed E-state index contributed by atoms with van der Waals surface area (Å²) in [5.74, 6) is 0.268. The van der Waals surface area contributed by atoms with Crippen LogP contribution < -0.4 is 0 Å². The molecule has 152 valence electrons. The first-order chi connectivity index (χ1) is 14.8. The minimum absolute atomic E-state index is 0.268. The predicted molar refractivity (Wildman–Crippen MR) is 118 cm³/mol. The van der Waals surface area contributed by atoms with Crippen LogP contribution in [0, 0.1) is 0 Å². The van der Waals surface area contributed by atoms with E-state index in [0.717, 1.165) is 54.9 Å². The molecule has 1 aromatic heterocycles. The zero-order valence-corrected chi connectivity index (χ0v) is 16.9. The van der Waals surface area contributed by atoms with Gasteiger partial charge in [0.15, 0.2) is 5.58 Å². The van der Waals surface area contributed by atoms with E-state index in [2.05, 4.69) is 45.3 Å². The van der Waals surface area contributed by atoms with Gasteiger partial charge in [-0.25, -0.2) is 0 Å². The van der Waals surface area contributed by atoms with E-state index in [9.17, 15) is 5.11 Å². The minimum atomic E-state index is 0.268. The lowest BCUT2D eigenvalue weighted by molar-refractivity contribution is 0.121. The highest BCUT2D eigenvalue weighted by atomic mass is 16.5. The van der Waals surface area contributed by atoms with E-state index in [0.29, 0.717) is 12.1 Å². The zero-order valence-electron chi connectivity index (χ0n) is 16.9. The van der Waals surface area contributed by atoms with Gasteiger partial charge in [-0.15, -0.1) is 0 Å². The second-order valence-corrected chi connectivity index (χ2v) is 7.88. The van der Waals surface area contributed by atoms with Crippen molar-refractivity contribution in [3.05, 3.63) is 83.9 Å². The Balaban J connectivity index is 1.31. The van der Waals surface area contributed by atoms with Gasteiger partial charge in [-0.2, -0.15) is 0 Å². The number of hydrogen-bond donors (Lipinski definition) is 1. The van der Waals surface area contributed by atoms with Crippen molar-refractivity contribution in [2.45, 2.75) is 13.1 Å². The van der Waals surface area contributed by atoms with E-state index < -0.39 is 0 Å². The monoisotopic (exact) mass is 399 g/mol. The molecule has 0 unspecified atom stereocenters. The maximum atomic E-state index is 10.5. The van der Waals surface area contributed by atoms with Crippen LogP contribution in [0.4, 0.5) is 0 Å². The van der Waals surface area contributed by atoms with Crippen molar-refractivity contribution in [2.24, 2.45) is 0 Å². The van der Waals surface area contributed by atoms with Crippen LogP contribution in [0.5, 0.6) is 5.75 Å². The Morgan fingerprint density at radius 2 is 1.40 bits per heavy atom. The number of phenolic OH excluding ortho intramolecular Hbond substituents is 1. The Labute approximate surface area is 176 Å². The fraction of sp³-hybridized carbons (Fsp3) is 0.240. The molecule has 0 saturated carbocycles. The van der Waals surface area contributed by atoms with Gasteiger partial charge in [-0.1, -0.05) is 65.8 Å². The largest absolute Gasteiger partial charge is 0.507 e. The first kappa shape index (κ1) is 18.9. The highest BCUT2D eigenvalue weighted by Crippen LogP contribution is 2.34. The Kier molecular flexibility index (Phi) is 5.22. The van der Waals surface area contributed by atoms with Crippen molar-refractivity contribution in [1.29, 1.82) is 0 Å². The predicted octanol–water partition coefficient (Wildman–Crippen LogP) is 4.52. The van der Waals surface area contributed by atoms with E-state index in [4.69, 9.17) is 4.52 Å². The average molecular weight is 399 g/mol. The molecule has 30 heavy (non-hydrogen) atoms. The summed E-state index contributed by atoms with van der Waals surface area (Å²) >= 11 is 0. The molecule has 0 amide bonds. The van der Waals surface area contributed by atoms with Gasteiger partial charge in [-0.05, 0) is 17.7 Å². The quantitative estimate of drug-likeness (QED) is 0.535. The molecule has 0 bridgehead atoms. The van der Waals surface area contributed by atoms with Crippen molar-refractivity contribution >= 4 is 11.0 Å². The van der Waals surface area contributed by atoms with Crippen LogP contribution in [-0.2, 0) is 13.1 Å². The van der Waals surface area contributed by atoms with Crippen LogP contribution in [0.3, 0.4) is 0 Å². The van der Waals surface area contributed by atoms with Crippen LogP contribution in [0.25, 0.3) is 22.2 Å². The molecule has 0 aliphatic carbocycles. The van der Waals surface area contributed by atoms with Gasteiger partial charge >= 0.3 is 0 Å². The number of benzene rings is 3. The molecule has 1 aliphatic rings. The molecule has 4 aromatic rings. The molecule has 3 aromatic carbocycles. The van der Waals surface area contributed by atoms with Gasteiger partial charge in [-0.3, -0.25) is 9.80 Å². The molecule has 2 heterocycles. The van der Waals surface area contributed by atoms with Gasteiger partial charge in [0.05, 0.1) is 10.9 Å². The summed E-state index contributed by atoms with van der Waals surface area (Å²) in [5.41, 5.74) is 4.68. The van der Waals surface area contributed by atoms with Crippen LogP contribution in [0.2, 0.25) is 0 Å². The number of aromatic nitrogens is 1. The average Bonchev–Trinajstić information content (AvgIpc) is 3.23. The number of nitrogens with zero attached hydrogens (tertiary/aromatic N) is 3. The standard InChI is InChI=1S/C25H25N3O2/c29-23-12-11-21-24(20-9-5-2-6-10-20)26-30-25(21)22(23)18-28-15-13-27(14-16-28)17-19-7-3-1-4-8-19/h1-12,29H,13-18H2. The zero-order chi connectivity index (χ0) is 20.3. The third-order valence-electron chi connectivity index (χ3n) is 5.86. The molecule has 5 rings (SSSR count). The van der Waals surface area contributed by atoms with E-state index in [1.165, 1.54) is 5.56 Å². The first-order valence-electron chi connectivity index (χ1n) is 10.4. The number of aromatic hydroxyl groups is 1. The summed E-state index contributed by atoms with van der Waals surface area (Å²) in [7, 11) is 0. The van der Waals surface area contributed by atoms with Crippen molar-refractivity contribution in [3.8, 4) is 17.0 Å². The highest BCUT2D eigenvalue weighted by Gasteiger charge is 2.22. The Morgan fingerprint density at radius 3 is 2.10 bits per heavy atom. The first-order valence-corrected chi connectivity index (χ1v) is 10.4. The van der Waals surface area contributed by atoms with Crippen molar-refractivity contribution < 1.29 is 9.63 Å². The normalized spacial score (nSPS) is 15.6. The Morgan fingerprint density at radius 1 is 0.767 bits per heavy atom. The number of fused-ring (bicyclic) bond motifs is 1.